The van der Waals surface area contributed by atoms with Crippen LogP contribution in [-0.4, -0.2) is 0 Å². The highest BCUT2D eigenvalue weighted by Crippen LogP contribution is 2.24. The van der Waals surface area contributed by atoms with Crippen LogP contribution < -0.4 is 5.32 Å². The number of anilines is 1. The van der Waals surface area contributed by atoms with E-state index in [1.807, 2.05) is 0 Å². The molecule has 94 valence electrons. The maximum atomic E-state index is 3.61. The second kappa shape index (κ2) is 6.23. The van der Waals surface area contributed by atoms with Gasteiger partial charge >= 0.3 is 0 Å². The third kappa shape index (κ3) is 3.25. The molecule has 0 saturated carbocycles. The first-order valence-electron chi connectivity index (χ1n) is 6.28. The van der Waals surface area contributed by atoms with E-state index in [1.165, 1.54) is 20.4 Å². The van der Waals surface area contributed by atoms with Gasteiger partial charge < -0.3 is 5.32 Å². The molecule has 0 aliphatic rings. The van der Waals surface area contributed by atoms with E-state index in [4.69, 9.17) is 0 Å². The Morgan fingerprint density at radius 3 is 2.44 bits per heavy atom. The van der Waals surface area contributed by atoms with Crippen LogP contribution in [0.5, 0.6) is 0 Å². The predicted molar refractivity (Wildman–Crippen MR) is 87.0 cm³/mol. The van der Waals surface area contributed by atoms with Gasteiger partial charge in [-0.05, 0) is 59.2 Å². The van der Waals surface area contributed by atoms with Gasteiger partial charge in [0.1, 0.15) is 0 Å². The summed E-state index contributed by atoms with van der Waals surface area (Å²) in [6.45, 7) is 4.35. The highest BCUT2D eigenvalue weighted by atomic mass is 127. The van der Waals surface area contributed by atoms with Gasteiger partial charge in [-0.25, -0.2) is 0 Å². The molecule has 1 unspecified atom stereocenters. The first-order chi connectivity index (χ1) is 8.70. The van der Waals surface area contributed by atoms with E-state index in [0.29, 0.717) is 6.04 Å². The van der Waals surface area contributed by atoms with Crippen LogP contribution in [-0.2, 0) is 0 Å². The molecule has 2 aromatic carbocycles. The van der Waals surface area contributed by atoms with Crippen molar-refractivity contribution in [3.8, 4) is 0 Å². The fourth-order valence-electron chi connectivity index (χ4n) is 1.99. The first-order valence-corrected chi connectivity index (χ1v) is 7.36. The van der Waals surface area contributed by atoms with Crippen molar-refractivity contribution >= 4 is 28.3 Å². The van der Waals surface area contributed by atoms with Crippen LogP contribution in [0.25, 0.3) is 0 Å². The zero-order chi connectivity index (χ0) is 13.0. The van der Waals surface area contributed by atoms with Crippen molar-refractivity contribution in [3.05, 3.63) is 63.2 Å². The second-order valence-corrected chi connectivity index (χ2v) is 5.64. The van der Waals surface area contributed by atoms with Crippen molar-refractivity contribution < 1.29 is 0 Å². The molecule has 2 heteroatoms. The first kappa shape index (κ1) is 13.4. The lowest BCUT2D eigenvalue weighted by molar-refractivity contribution is 0.749. The maximum Gasteiger partial charge on any atom is 0.0511 e. The standard InChI is InChI=1S/C16H18IN/c1-3-16(13-7-5-4-6-8-13)18-14-10-9-12(2)15(17)11-14/h4-11,16,18H,3H2,1-2H3. The molecule has 0 aliphatic heterocycles. The second-order valence-electron chi connectivity index (χ2n) is 4.48. The van der Waals surface area contributed by atoms with Gasteiger partial charge in [0, 0.05) is 9.26 Å². The van der Waals surface area contributed by atoms with Crippen molar-refractivity contribution in [2.45, 2.75) is 26.3 Å². The molecular formula is C16H18IN. The zero-order valence-corrected chi connectivity index (χ0v) is 12.9. The van der Waals surface area contributed by atoms with E-state index in [-0.39, 0.29) is 0 Å². The minimum atomic E-state index is 0.379. The van der Waals surface area contributed by atoms with Crippen LogP contribution in [0, 0.1) is 10.5 Å². The monoisotopic (exact) mass is 351 g/mol. The fourth-order valence-corrected chi connectivity index (χ4v) is 2.51. The van der Waals surface area contributed by atoms with Crippen LogP contribution in [0.2, 0.25) is 0 Å². The summed E-state index contributed by atoms with van der Waals surface area (Å²) < 4.78 is 1.31. The van der Waals surface area contributed by atoms with Gasteiger partial charge in [0.25, 0.3) is 0 Å². The van der Waals surface area contributed by atoms with Gasteiger partial charge in [-0.3, -0.25) is 0 Å². The van der Waals surface area contributed by atoms with Crippen LogP contribution >= 0.6 is 22.6 Å². The summed E-state index contributed by atoms with van der Waals surface area (Å²) in [5.41, 5.74) is 3.87. The maximum absolute atomic E-state index is 3.61. The Morgan fingerprint density at radius 2 is 1.83 bits per heavy atom. The Bertz CT molecular complexity index is 508. The Labute approximate surface area is 123 Å². The molecule has 1 nitrogen and oxygen atoms in total. The summed E-state index contributed by atoms with van der Waals surface area (Å²) in [5, 5.41) is 3.61. The van der Waals surface area contributed by atoms with Gasteiger partial charge in [-0.1, -0.05) is 43.3 Å². The Morgan fingerprint density at radius 1 is 1.11 bits per heavy atom. The number of benzene rings is 2. The third-order valence-electron chi connectivity index (χ3n) is 3.12. The van der Waals surface area contributed by atoms with E-state index < -0.39 is 0 Å². The normalized spacial score (nSPS) is 12.2. The van der Waals surface area contributed by atoms with Crippen LogP contribution in [0.3, 0.4) is 0 Å². The minimum absolute atomic E-state index is 0.379. The summed E-state index contributed by atoms with van der Waals surface area (Å²) in [6, 6.07) is 17.5. The van der Waals surface area contributed by atoms with Gasteiger partial charge in [0.15, 0.2) is 0 Å². The molecule has 0 aromatic heterocycles. The predicted octanol–water partition coefficient (Wildman–Crippen LogP) is 5.16. The molecule has 2 aromatic rings. The van der Waals surface area contributed by atoms with E-state index in [0.717, 1.165) is 6.42 Å². The average Bonchev–Trinajstić information content (AvgIpc) is 2.41. The summed E-state index contributed by atoms with van der Waals surface area (Å²) in [6.07, 6.45) is 1.08. The SMILES string of the molecule is CCC(Nc1ccc(C)c(I)c1)c1ccccc1. The molecule has 18 heavy (non-hydrogen) atoms. The van der Waals surface area contributed by atoms with E-state index in [1.54, 1.807) is 0 Å². The quantitative estimate of drug-likeness (QED) is 0.750. The number of hydrogen-bond acceptors (Lipinski definition) is 1. The smallest absolute Gasteiger partial charge is 0.0511 e. The molecule has 2 rings (SSSR count). The molecule has 0 radical (unpaired) electrons. The molecule has 1 N–H and O–H groups in total. The minimum Gasteiger partial charge on any atom is -0.378 e. The molecule has 1 atom stereocenters. The van der Waals surface area contributed by atoms with Crippen LogP contribution in [0.4, 0.5) is 5.69 Å². The van der Waals surface area contributed by atoms with E-state index in [2.05, 4.69) is 90.3 Å². The van der Waals surface area contributed by atoms with Gasteiger partial charge in [-0.15, -0.1) is 0 Å². The number of aryl methyl sites for hydroxylation is 1. The molecular weight excluding hydrogens is 333 g/mol. The molecule has 0 fully saturated rings. The summed E-state index contributed by atoms with van der Waals surface area (Å²) >= 11 is 2.38. The van der Waals surface area contributed by atoms with Crippen molar-refractivity contribution in [2.24, 2.45) is 0 Å². The van der Waals surface area contributed by atoms with Crippen LogP contribution in [0.15, 0.2) is 48.5 Å². The summed E-state index contributed by atoms with van der Waals surface area (Å²) in [7, 11) is 0. The Balaban J connectivity index is 2.18. The molecule has 0 spiro atoms. The molecule has 0 heterocycles. The van der Waals surface area contributed by atoms with Crippen molar-refractivity contribution in [1.82, 2.24) is 0 Å². The lowest BCUT2D eigenvalue weighted by Gasteiger charge is -2.19. The van der Waals surface area contributed by atoms with Crippen LogP contribution in [0.1, 0.15) is 30.5 Å². The van der Waals surface area contributed by atoms with Crippen molar-refractivity contribution in [1.29, 1.82) is 0 Å². The lowest BCUT2D eigenvalue weighted by atomic mass is 10.0. The molecule has 0 amide bonds. The number of halogens is 1. The Kier molecular flexibility index (Phi) is 4.64. The highest BCUT2D eigenvalue weighted by Gasteiger charge is 2.08. The summed E-state index contributed by atoms with van der Waals surface area (Å²) in [4.78, 5) is 0. The Hall–Kier alpha value is -1.03. The molecule has 0 aliphatic carbocycles. The van der Waals surface area contributed by atoms with Crippen molar-refractivity contribution in [2.75, 3.05) is 5.32 Å². The number of hydrogen-bond donors (Lipinski definition) is 1. The van der Waals surface area contributed by atoms with Crippen molar-refractivity contribution in [3.63, 3.8) is 0 Å². The number of rotatable bonds is 4. The van der Waals surface area contributed by atoms with E-state index in [9.17, 15) is 0 Å². The van der Waals surface area contributed by atoms with Gasteiger partial charge in [0.05, 0.1) is 6.04 Å². The largest absolute Gasteiger partial charge is 0.378 e. The zero-order valence-electron chi connectivity index (χ0n) is 10.8. The fraction of sp³-hybridized carbons (Fsp3) is 0.250. The molecule has 0 saturated heterocycles. The molecule has 0 bridgehead atoms. The topological polar surface area (TPSA) is 12.0 Å². The third-order valence-corrected chi connectivity index (χ3v) is 4.29. The summed E-state index contributed by atoms with van der Waals surface area (Å²) in [5.74, 6) is 0. The van der Waals surface area contributed by atoms with Gasteiger partial charge in [-0.2, -0.15) is 0 Å². The lowest BCUT2D eigenvalue weighted by Crippen LogP contribution is -2.09. The van der Waals surface area contributed by atoms with E-state index >= 15 is 0 Å². The number of nitrogens with one attached hydrogen (secondary N) is 1. The average molecular weight is 351 g/mol. The van der Waals surface area contributed by atoms with Gasteiger partial charge in [0.2, 0.25) is 0 Å². The highest BCUT2D eigenvalue weighted by molar-refractivity contribution is 14.1.